The molecule has 112 valence electrons. The molecule has 8 nitrogen and oxygen atoms in total. The quantitative estimate of drug-likeness (QED) is 0.783. The van der Waals surface area contributed by atoms with Gasteiger partial charge in [0.2, 0.25) is 0 Å². The van der Waals surface area contributed by atoms with Crippen molar-refractivity contribution in [3.8, 4) is 17.3 Å². The average Bonchev–Trinajstić information content (AvgIpc) is 3.14. The Morgan fingerprint density at radius 3 is 2.73 bits per heavy atom. The minimum Gasteiger partial charge on any atom is -0.478 e. The van der Waals surface area contributed by atoms with E-state index in [-0.39, 0.29) is 5.56 Å². The van der Waals surface area contributed by atoms with E-state index in [9.17, 15) is 4.79 Å². The Morgan fingerprint density at radius 2 is 2.18 bits per heavy atom. The van der Waals surface area contributed by atoms with E-state index in [2.05, 4.69) is 20.2 Å². The first-order chi connectivity index (χ1) is 10.6. The normalized spacial score (nSPS) is 10.8. The number of aromatic nitrogens is 5. The summed E-state index contributed by atoms with van der Waals surface area (Å²) in [6.45, 7) is 3.62. The lowest BCUT2D eigenvalue weighted by Crippen LogP contribution is -2.04. The highest BCUT2D eigenvalue weighted by molar-refractivity contribution is 5.88. The number of nitrogens with zero attached hydrogens (tertiary/aromatic N) is 5. The standard InChI is InChI=1S/C14H13N5O3/c1-3-11-17-13(22-18-11)9-4-5-12(15-6-9)19-8(2)10(7-16-19)14(20)21/h4-7H,3H2,1-2H3,(H,20,21). The average molecular weight is 299 g/mol. The lowest BCUT2D eigenvalue weighted by molar-refractivity contribution is 0.0696. The lowest BCUT2D eigenvalue weighted by atomic mass is 10.2. The second kappa shape index (κ2) is 5.40. The van der Waals surface area contributed by atoms with Gasteiger partial charge in [-0.3, -0.25) is 0 Å². The molecule has 0 fully saturated rings. The van der Waals surface area contributed by atoms with Gasteiger partial charge in [-0.25, -0.2) is 14.5 Å². The summed E-state index contributed by atoms with van der Waals surface area (Å²) in [7, 11) is 0. The van der Waals surface area contributed by atoms with Crippen LogP contribution in [0.15, 0.2) is 29.0 Å². The van der Waals surface area contributed by atoms with Gasteiger partial charge in [0.1, 0.15) is 5.56 Å². The topological polar surface area (TPSA) is 107 Å². The van der Waals surface area contributed by atoms with Crippen molar-refractivity contribution < 1.29 is 14.4 Å². The van der Waals surface area contributed by atoms with Crippen LogP contribution in [0.5, 0.6) is 0 Å². The fraction of sp³-hybridized carbons (Fsp3) is 0.214. The summed E-state index contributed by atoms with van der Waals surface area (Å²) in [5.41, 5.74) is 1.35. The maximum absolute atomic E-state index is 11.0. The number of carbonyl (C=O) groups is 1. The van der Waals surface area contributed by atoms with Crippen molar-refractivity contribution in [2.45, 2.75) is 20.3 Å². The van der Waals surface area contributed by atoms with E-state index in [4.69, 9.17) is 9.63 Å². The van der Waals surface area contributed by atoms with Crippen LogP contribution in [0.2, 0.25) is 0 Å². The van der Waals surface area contributed by atoms with Crippen molar-refractivity contribution in [3.63, 3.8) is 0 Å². The van der Waals surface area contributed by atoms with Crippen LogP contribution in [0.4, 0.5) is 0 Å². The summed E-state index contributed by atoms with van der Waals surface area (Å²) in [5.74, 6) is 0.537. The monoisotopic (exact) mass is 299 g/mol. The number of hydrogen-bond donors (Lipinski definition) is 1. The fourth-order valence-corrected chi connectivity index (χ4v) is 2.00. The van der Waals surface area contributed by atoms with Gasteiger partial charge in [-0.1, -0.05) is 12.1 Å². The molecule has 0 aliphatic rings. The molecular weight excluding hydrogens is 286 g/mol. The summed E-state index contributed by atoms with van der Waals surface area (Å²) >= 11 is 0. The van der Waals surface area contributed by atoms with Crippen molar-refractivity contribution in [2.75, 3.05) is 0 Å². The van der Waals surface area contributed by atoms with E-state index < -0.39 is 5.97 Å². The number of carboxylic acid groups (broad SMARTS) is 1. The first-order valence-corrected chi connectivity index (χ1v) is 6.67. The van der Waals surface area contributed by atoms with Gasteiger partial charge in [0.05, 0.1) is 17.5 Å². The smallest absolute Gasteiger partial charge is 0.339 e. The Hall–Kier alpha value is -3.03. The van der Waals surface area contributed by atoms with Crippen LogP contribution in [0, 0.1) is 6.92 Å². The first kappa shape index (κ1) is 13.9. The summed E-state index contributed by atoms with van der Waals surface area (Å²) in [4.78, 5) is 19.5. The molecule has 8 heteroatoms. The number of carboxylic acids is 1. The molecule has 0 saturated heterocycles. The van der Waals surface area contributed by atoms with Crippen molar-refractivity contribution in [2.24, 2.45) is 0 Å². The van der Waals surface area contributed by atoms with Gasteiger partial charge >= 0.3 is 5.97 Å². The van der Waals surface area contributed by atoms with E-state index in [1.165, 1.54) is 10.9 Å². The third-order valence-electron chi connectivity index (χ3n) is 3.24. The zero-order valence-electron chi connectivity index (χ0n) is 12.0. The van der Waals surface area contributed by atoms with E-state index in [1.807, 2.05) is 6.92 Å². The second-order valence-electron chi connectivity index (χ2n) is 4.63. The Balaban J connectivity index is 1.93. The molecule has 0 atom stereocenters. The highest BCUT2D eigenvalue weighted by Crippen LogP contribution is 2.18. The highest BCUT2D eigenvalue weighted by Gasteiger charge is 2.15. The SMILES string of the molecule is CCc1noc(-c2ccc(-n3ncc(C(=O)O)c3C)nc2)n1. The summed E-state index contributed by atoms with van der Waals surface area (Å²) in [6.07, 6.45) is 3.59. The minimum atomic E-state index is -1.02. The van der Waals surface area contributed by atoms with Crippen LogP contribution in [-0.2, 0) is 6.42 Å². The molecule has 3 heterocycles. The Morgan fingerprint density at radius 1 is 1.36 bits per heavy atom. The van der Waals surface area contributed by atoms with Crippen LogP contribution in [0.1, 0.15) is 28.8 Å². The predicted octanol–water partition coefficient (Wildman–Crippen LogP) is 1.89. The highest BCUT2D eigenvalue weighted by atomic mass is 16.5. The fourth-order valence-electron chi connectivity index (χ4n) is 2.00. The largest absolute Gasteiger partial charge is 0.478 e. The number of aryl methyl sites for hydroxylation is 1. The molecule has 0 bridgehead atoms. The molecule has 22 heavy (non-hydrogen) atoms. The van der Waals surface area contributed by atoms with E-state index in [1.54, 1.807) is 25.3 Å². The van der Waals surface area contributed by atoms with Crippen molar-refractivity contribution in [3.05, 3.63) is 41.6 Å². The van der Waals surface area contributed by atoms with Gasteiger partial charge in [-0.2, -0.15) is 10.1 Å². The Labute approximate surface area is 125 Å². The predicted molar refractivity (Wildman–Crippen MR) is 75.7 cm³/mol. The van der Waals surface area contributed by atoms with Crippen LogP contribution >= 0.6 is 0 Å². The zero-order valence-corrected chi connectivity index (χ0v) is 12.0. The minimum absolute atomic E-state index is 0.148. The van der Waals surface area contributed by atoms with Crippen LogP contribution < -0.4 is 0 Å². The van der Waals surface area contributed by atoms with E-state index in [0.29, 0.717) is 35.2 Å². The summed E-state index contributed by atoms with van der Waals surface area (Å²) in [5, 5.41) is 16.9. The molecule has 0 aliphatic carbocycles. The van der Waals surface area contributed by atoms with Gasteiger partial charge in [0.25, 0.3) is 5.89 Å². The molecule has 0 spiro atoms. The molecule has 0 unspecified atom stereocenters. The van der Waals surface area contributed by atoms with Crippen molar-refractivity contribution in [1.29, 1.82) is 0 Å². The lowest BCUT2D eigenvalue weighted by Gasteiger charge is -2.03. The molecule has 1 N–H and O–H groups in total. The molecule has 3 rings (SSSR count). The van der Waals surface area contributed by atoms with Crippen LogP contribution in [0.25, 0.3) is 17.3 Å². The van der Waals surface area contributed by atoms with Crippen LogP contribution in [0.3, 0.4) is 0 Å². The molecule has 0 aromatic carbocycles. The first-order valence-electron chi connectivity index (χ1n) is 6.67. The molecule has 0 aliphatic heterocycles. The molecular formula is C14H13N5O3. The molecule has 3 aromatic heterocycles. The molecule has 0 saturated carbocycles. The van der Waals surface area contributed by atoms with Crippen molar-refractivity contribution >= 4 is 5.97 Å². The van der Waals surface area contributed by atoms with Gasteiger partial charge in [0.15, 0.2) is 11.6 Å². The number of hydrogen-bond acceptors (Lipinski definition) is 6. The van der Waals surface area contributed by atoms with Gasteiger partial charge in [0, 0.05) is 12.6 Å². The van der Waals surface area contributed by atoms with Crippen molar-refractivity contribution in [1.82, 2.24) is 24.9 Å². The second-order valence-corrected chi connectivity index (χ2v) is 4.63. The molecule has 0 amide bonds. The Kier molecular flexibility index (Phi) is 3.42. The van der Waals surface area contributed by atoms with E-state index in [0.717, 1.165) is 0 Å². The number of aromatic carboxylic acids is 1. The third kappa shape index (κ3) is 2.34. The maximum Gasteiger partial charge on any atom is 0.339 e. The maximum atomic E-state index is 11.0. The summed E-state index contributed by atoms with van der Waals surface area (Å²) in [6, 6.07) is 3.49. The molecule has 0 radical (unpaired) electrons. The van der Waals surface area contributed by atoms with Crippen LogP contribution in [-0.4, -0.2) is 36.0 Å². The van der Waals surface area contributed by atoms with E-state index >= 15 is 0 Å². The third-order valence-corrected chi connectivity index (χ3v) is 3.24. The van der Waals surface area contributed by atoms with Gasteiger partial charge in [-0.15, -0.1) is 0 Å². The van der Waals surface area contributed by atoms with Gasteiger partial charge < -0.3 is 9.63 Å². The zero-order chi connectivity index (χ0) is 15.7. The summed E-state index contributed by atoms with van der Waals surface area (Å²) < 4.78 is 6.62. The number of pyridine rings is 1. The number of rotatable bonds is 4. The Bertz CT molecular complexity index is 819. The van der Waals surface area contributed by atoms with Gasteiger partial charge in [-0.05, 0) is 19.1 Å². The molecule has 3 aromatic rings.